The van der Waals surface area contributed by atoms with Crippen molar-refractivity contribution < 1.29 is 9.53 Å². The summed E-state index contributed by atoms with van der Waals surface area (Å²) in [6.07, 6.45) is 0.958. The fraction of sp³-hybridized carbons (Fsp3) is 0.462. The molecule has 0 aromatic heterocycles. The molecule has 2 aliphatic heterocycles. The van der Waals surface area contributed by atoms with Gasteiger partial charge in [0.25, 0.3) is 0 Å². The number of thioether (sulfide) groups is 1. The van der Waals surface area contributed by atoms with Crippen molar-refractivity contribution in [2.75, 3.05) is 17.8 Å². The molecular weight excluding hydrogens is 349 g/mol. The van der Waals surface area contributed by atoms with Crippen molar-refractivity contribution in [3.8, 4) is 0 Å². The Morgan fingerprint density at radius 3 is 2.79 bits per heavy atom. The van der Waals surface area contributed by atoms with Gasteiger partial charge >= 0.3 is 128 Å². The maximum absolute atomic E-state index is 12.3. The molecule has 3 nitrogen and oxygen atoms in total. The number of carbonyl (C=O) groups is 1. The number of nitrogens with zero attached hydrogens (tertiary/aromatic N) is 1. The van der Waals surface area contributed by atoms with E-state index in [0.717, 1.165) is 11.4 Å². The number of carbonyl (C=O) groups excluding carboxylic acids is 1. The summed E-state index contributed by atoms with van der Waals surface area (Å²) in [6.45, 7) is 0. The predicted molar refractivity (Wildman–Crippen MR) is 80.1 cm³/mol. The number of hydrogen-bond donors (Lipinski definition) is 0. The number of β-lactam (4-membered cyclic amide) rings is 1. The molecule has 2 aliphatic rings. The summed E-state index contributed by atoms with van der Waals surface area (Å²) in [5.74, 6) is 1.17. The summed E-state index contributed by atoms with van der Waals surface area (Å²) < 4.78 is 5.30. The minimum absolute atomic E-state index is 0.0705. The van der Waals surface area contributed by atoms with Gasteiger partial charge in [-0.05, 0) is 0 Å². The van der Waals surface area contributed by atoms with E-state index in [4.69, 9.17) is 16.3 Å². The van der Waals surface area contributed by atoms with Crippen molar-refractivity contribution in [3.05, 3.63) is 29.3 Å². The van der Waals surface area contributed by atoms with E-state index in [-0.39, 0.29) is 15.8 Å². The molecule has 0 aliphatic carbocycles. The average molecular weight is 363 g/mol. The Kier molecular flexibility index (Phi) is 3.84. The van der Waals surface area contributed by atoms with Crippen LogP contribution in [0.25, 0.3) is 0 Å². The van der Waals surface area contributed by atoms with Crippen LogP contribution in [0.1, 0.15) is 6.42 Å². The van der Waals surface area contributed by atoms with Crippen molar-refractivity contribution in [3.63, 3.8) is 0 Å². The van der Waals surface area contributed by atoms with Crippen molar-refractivity contribution in [2.24, 2.45) is 0 Å². The second-order valence-electron chi connectivity index (χ2n) is 4.45. The van der Waals surface area contributed by atoms with E-state index in [9.17, 15) is 4.79 Å². The van der Waals surface area contributed by atoms with Gasteiger partial charge in [0.05, 0.1) is 0 Å². The van der Waals surface area contributed by atoms with Gasteiger partial charge in [0.2, 0.25) is 0 Å². The SMILES string of the molecule is CO[C@@H]1C(=O)N(c2ccc(Cl)cc2)[C@@]12SCCC[Se]2. The third-order valence-electron chi connectivity index (χ3n) is 3.31. The van der Waals surface area contributed by atoms with E-state index in [0.29, 0.717) is 20.0 Å². The van der Waals surface area contributed by atoms with E-state index >= 15 is 0 Å². The van der Waals surface area contributed by atoms with Crippen molar-refractivity contribution >= 4 is 49.9 Å². The van der Waals surface area contributed by atoms with Crippen molar-refractivity contribution in [1.29, 1.82) is 0 Å². The number of anilines is 1. The fourth-order valence-corrected chi connectivity index (χ4v) is 8.43. The molecule has 0 unspecified atom stereocenters. The van der Waals surface area contributed by atoms with E-state index < -0.39 is 0 Å². The fourth-order valence-electron chi connectivity index (χ4n) is 2.44. The second kappa shape index (κ2) is 5.30. The van der Waals surface area contributed by atoms with Crippen LogP contribution in [0.4, 0.5) is 5.69 Å². The van der Waals surface area contributed by atoms with Crippen LogP contribution >= 0.6 is 23.4 Å². The molecule has 1 aromatic carbocycles. The van der Waals surface area contributed by atoms with E-state index in [1.54, 1.807) is 7.11 Å². The average Bonchev–Trinajstić information content (AvgIpc) is 2.43. The molecule has 0 N–H and O–H groups in total. The number of amides is 1. The molecular formula is C13H14ClNO2SSe. The zero-order valence-corrected chi connectivity index (χ0v) is 13.8. The topological polar surface area (TPSA) is 29.5 Å². The zero-order chi connectivity index (χ0) is 13.5. The van der Waals surface area contributed by atoms with Gasteiger partial charge in [-0.15, -0.1) is 0 Å². The molecule has 0 radical (unpaired) electrons. The number of ether oxygens (including phenoxy) is 1. The Morgan fingerprint density at radius 2 is 2.21 bits per heavy atom. The Bertz CT molecular complexity index is 490. The molecule has 1 aromatic rings. The molecule has 2 fully saturated rings. The van der Waals surface area contributed by atoms with Gasteiger partial charge in [0.1, 0.15) is 0 Å². The third kappa shape index (κ3) is 2.12. The minimum atomic E-state index is -0.284. The molecule has 1 amide bonds. The van der Waals surface area contributed by atoms with E-state index in [2.05, 4.69) is 0 Å². The van der Waals surface area contributed by atoms with Crippen LogP contribution in [0.3, 0.4) is 0 Å². The Hall–Kier alpha value is -0.191. The van der Waals surface area contributed by atoms with Crippen LogP contribution in [0.2, 0.25) is 10.3 Å². The number of rotatable bonds is 2. The molecule has 102 valence electrons. The normalized spacial score (nSPS) is 30.5. The van der Waals surface area contributed by atoms with Gasteiger partial charge in [-0.25, -0.2) is 0 Å². The molecule has 2 heterocycles. The van der Waals surface area contributed by atoms with Gasteiger partial charge < -0.3 is 0 Å². The number of halogens is 1. The van der Waals surface area contributed by atoms with Crippen LogP contribution in [0, 0.1) is 0 Å². The number of methoxy groups -OCH3 is 1. The summed E-state index contributed by atoms with van der Waals surface area (Å²) >= 11 is 8.17. The summed E-state index contributed by atoms with van der Waals surface area (Å²) in [7, 11) is 1.63. The van der Waals surface area contributed by atoms with E-state index in [1.807, 2.05) is 40.9 Å². The van der Waals surface area contributed by atoms with Gasteiger partial charge in [0.15, 0.2) is 0 Å². The Morgan fingerprint density at radius 1 is 1.47 bits per heavy atom. The summed E-state index contributed by atoms with van der Waals surface area (Å²) in [5.41, 5.74) is 0.930. The first-order valence-electron chi connectivity index (χ1n) is 6.09. The molecule has 6 heteroatoms. The first-order valence-corrected chi connectivity index (χ1v) is 9.52. The molecule has 0 bridgehead atoms. The van der Waals surface area contributed by atoms with Crippen LogP contribution < -0.4 is 4.90 Å². The maximum atomic E-state index is 12.3. The Balaban J connectivity index is 1.95. The van der Waals surface area contributed by atoms with Crippen LogP contribution in [0.15, 0.2) is 24.3 Å². The van der Waals surface area contributed by atoms with Crippen LogP contribution in [0.5, 0.6) is 0 Å². The molecule has 2 saturated heterocycles. The standard InChI is InChI=1S/C13H14ClNO2SSe/c1-17-11-12(16)15(10-5-3-9(14)4-6-10)13(11)18-7-2-8-19-13/h3-6,11H,2,7-8H2,1H3/t11-,13-/m1/s1. The molecule has 0 saturated carbocycles. The summed E-state index contributed by atoms with van der Waals surface area (Å²) in [4.78, 5) is 14.2. The van der Waals surface area contributed by atoms with E-state index in [1.165, 1.54) is 11.7 Å². The summed E-state index contributed by atoms with van der Waals surface area (Å²) in [6, 6.07) is 7.50. The quantitative estimate of drug-likeness (QED) is 0.598. The number of hydrogen-bond acceptors (Lipinski definition) is 3. The predicted octanol–water partition coefficient (Wildman–Crippen LogP) is 2.61. The monoisotopic (exact) mass is 363 g/mol. The van der Waals surface area contributed by atoms with Gasteiger partial charge in [-0.1, -0.05) is 0 Å². The summed E-state index contributed by atoms with van der Waals surface area (Å²) in [5, 5.41) is 1.90. The first-order chi connectivity index (χ1) is 9.19. The van der Waals surface area contributed by atoms with Gasteiger partial charge in [-0.2, -0.15) is 0 Å². The molecule has 2 atom stereocenters. The first kappa shape index (κ1) is 13.8. The van der Waals surface area contributed by atoms with Gasteiger partial charge in [0, 0.05) is 0 Å². The second-order valence-corrected chi connectivity index (χ2v) is 9.55. The number of benzene rings is 1. The van der Waals surface area contributed by atoms with Crippen molar-refractivity contribution in [1.82, 2.24) is 0 Å². The third-order valence-corrected chi connectivity index (χ3v) is 8.96. The molecule has 3 rings (SSSR count). The molecule has 1 spiro atoms. The Labute approximate surface area is 128 Å². The van der Waals surface area contributed by atoms with Crippen LogP contribution in [-0.2, 0) is 9.53 Å². The van der Waals surface area contributed by atoms with Crippen molar-refractivity contribution in [2.45, 2.75) is 21.6 Å². The molecule has 19 heavy (non-hydrogen) atoms. The zero-order valence-electron chi connectivity index (χ0n) is 10.5. The van der Waals surface area contributed by atoms with Gasteiger partial charge in [-0.3, -0.25) is 0 Å². The van der Waals surface area contributed by atoms with Crippen LogP contribution in [-0.4, -0.2) is 43.6 Å².